The van der Waals surface area contributed by atoms with Crippen molar-refractivity contribution in [1.29, 1.82) is 0 Å². The van der Waals surface area contributed by atoms with Crippen LogP contribution < -0.4 is 10.1 Å². The minimum Gasteiger partial charge on any atom is -0.495 e. The van der Waals surface area contributed by atoms with Gasteiger partial charge >= 0.3 is 0 Å². The summed E-state index contributed by atoms with van der Waals surface area (Å²) in [6.45, 7) is 2.06. The molecule has 2 aromatic carbocycles. The zero-order valence-corrected chi connectivity index (χ0v) is 13.4. The second kappa shape index (κ2) is 7.38. The number of carbonyl (C=O) groups is 1. The fourth-order valence-corrected chi connectivity index (χ4v) is 2.94. The number of halogens is 1. The molecule has 2 rings (SSSR count). The fraction of sp³-hybridized carbons (Fsp3) is 0.188. The number of nitrogens with one attached hydrogen (secondary N) is 1. The zero-order chi connectivity index (χ0) is 15.2. The number of carbonyl (C=O) groups excluding carboxylic acids is 1. The normalized spacial score (nSPS) is 10.2. The molecule has 0 aliphatic carbocycles. The van der Waals surface area contributed by atoms with E-state index in [9.17, 15) is 4.79 Å². The van der Waals surface area contributed by atoms with Crippen molar-refractivity contribution >= 4 is 35.0 Å². The van der Waals surface area contributed by atoms with Crippen LogP contribution in [-0.4, -0.2) is 18.8 Å². The molecule has 0 heterocycles. The number of hydrogen-bond acceptors (Lipinski definition) is 3. The van der Waals surface area contributed by atoms with Crippen molar-refractivity contribution in [2.45, 2.75) is 11.8 Å². The van der Waals surface area contributed by atoms with Gasteiger partial charge in [-0.1, -0.05) is 30.7 Å². The largest absolute Gasteiger partial charge is 0.495 e. The maximum atomic E-state index is 12.4. The van der Waals surface area contributed by atoms with Gasteiger partial charge in [0.05, 0.1) is 17.7 Å². The Morgan fingerprint density at radius 1 is 1.29 bits per heavy atom. The lowest BCUT2D eigenvalue weighted by molar-refractivity contribution is 0.102. The topological polar surface area (TPSA) is 38.3 Å². The lowest BCUT2D eigenvalue weighted by Crippen LogP contribution is -2.13. The standard InChI is InChI=1S/C16H16ClNO2S/c1-3-21-15-7-5-4-6-12(15)16(19)18-11-8-9-14(20-2)13(17)10-11/h4-10H,3H2,1-2H3,(H,18,19). The maximum Gasteiger partial charge on any atom is 0.256 e. The van der Waals surface area contributed by atoms with Crippen molar-refractivity contribution in [2.75, 3.05) is 18.2 Å². The zero-order valence-electron chi connectivity index (χ0n) is 11.9. The Balaban J connectivity index is 2.20. The van der Waals surface area contributed by atoms with Crippen molar-refractivity contribution < 1.29 is 9.53 Å². The van der Waals surface area contributed by atoms with Gasteiger partial charge in [-0.05, 0) is 36.1 Å². The minimum atomic E-state index is -0.146. The third-order valence-electron chi connectivity index (χ3n) is 2.84. The molecule has 0 aliphatic heterocycles. The molecule has 2 aromatic rings. The summed E-state index contributed by atoms with van der Waals surface area (Å²) >= 11 is 7.70. The van der Waals surface area contributed by atoms with Crippen molar-refractivity contribution in [3.63, 3.8) is 0 Å². The third-order valence-corrected chi connectivity index (χ3v) is 4.09. The summed E-state index contributed by atoms with van der Waals surface area (Å²) in [5.74, 6) is 1.35. The van der Waals surface area contributed by atoms with E-state index in [1.54, 1.807) is 37.1 Å². The Morgan fingerprint density at radius 2 is 2.05 bits per heavy atom. The highest BCUT2D eigenvalue weighted by Gasteiger charge is 2.12. The lowest BCUT2D eigenvalue weighted by Gasteiger charge is -2.10. The number of benzene rings is 2. The number of thioether (sulfide) groups is 1. The predicted molar refractivity (Wildman–Crippen MR) is 88.8 cm³/mol. The van der Waals surface area contributed by atoms with Crippen LogP contribution in [0, 0.1) is 0 Å². The molecule has 0 atom stereocenters. The van der Waals surface area contributed by atoms with Crippen LogP contribution in [-0.2, 0) is 0 Å². The quantitative estimate of drug-likeness (QED) is 0.810. The number of amides is 1. The summed E-state index contributed by atoms with van der Waals surface area (Å²) in [6, 6.07) is 12.7. The summed E-state index contributed by atoms with van der Waals surface area (Å²) in [6.07, 6.45) is 0. The van der Waals surface area contributed by atoms with Gasteiger partial charge in [0.2, 0.25) is 0 Å². The Hall–Kier alpha value is -1.65. The molecule has 0 saturated carbocycles. The molecular weight excluding hydrogens is 306 g/mol. The van der Waals surface area contributed by atoms with Crippen LogP contribution in [0.2, 0.25) is 5.02 Å². The molecular formula is C16H16ClNO2S. The van der Waals surface area contributed by atoms with E-state index in [1.165, 1.54) is 0 Å². The van der Waals surface area contributed by atoms with Crippen LogP contribution in [0.1, 0.15) is 17.3 Å². The van der Waals surface area contributed by atoms with Gasteiger partial charge in [0.15, 0.2) is 0 Å². The van der Waals surface area contributed by atoms with E-state index in [-0.39, 0.29) is 5.91 Å². The molecule has 0 spiro atoms. The summed E-state index contributed by atoms with van der Waals surface area (Å²) in [7, 11) is 1.55. The van der Waals surface area contributed by atoms with Gasteiger partial charge in [-0.15, -0.1) is 11.8 Å². The Kier molecular flexibility index (Phi) is 5.53. The van der Waals surface area contributed by atoms with E-state index >= 15 is 0 Å². The van der Waals surface area contributed by atoms with E-state index in [0.717, 1.165) is 10.6 Å². The average molecular weight is 322 g/mol. The molecule has 5 heteroatoms. The first-order valence-electron chi connectivity index (χ1n) is 6.52. The molecule has 1 N–H and O–H groups in total. The van der Waals surface area contributed by atoms with E-state index in [4.69, 9.17) is 16.3 Å². The molecule has 21 heavy (non-hydrogen) atoms. The SMILES string of the molecule is CCSc1ccccc1C(=O)Nc1ccc(OC)c(Cl)c1. The number of methoxy groups -OCH3 is 1. The van der Waals surface area contributed by atoms with Crippen molar-refractivity contribution in [3.8, 4) is 5.75 Å². The predicted octanol–water partition coefficient (Wildman–Crippen LogP) is 4.71. The van der Waals surface area contributed by atoms with Crippen molar-refractivity contribution in [2.24, 2.45) is 0 Å². The van der Waals surface area contributed by atoms with E-state index in [1.807, 2.05) is 24.3 Å². The van der Waals surface area contributed by atoms with Crippen LogP contribution >= 0.6 is 23.4 Å². The highest BCUT2D eigenvalue weighted by Crippen LogP contribution is 2.28. The molecule has 0 bridgehead atoms. The highest BCUT2D eigenvalue weighted by molar-refractivity contribution is 7.99. The van der Waals surface area contributed by atoms with Gasteiger partial charge in [0, 0.05) is 10.6 Å². The Labute approximate surface area is 133 Å². The first-order chi connectivity index (χ1) is 10.2. The molecule has 1 amide bonds. The van der Waals surface area contributed by atoms with Crippen LogP contribution in [0.15, 0.2) is 47.4 Å². The molecule has 0 saturated heterocycles. The Morgan fingerprint density at radius 3 is 2.71 bits per heavy atom. The van der Waals surface area contributed by atoms with Crippen LogP contribution in [0.5, 0.6) is 5.75 Å². The molecule has 0 aliphatic rings. The monoisotopic (exact) mass is 321 g/mol. The van der Waals surface area contributed by atoms with Gasteiger partial charge in [-0.2, -0.15) is 0 Å². The number of ether oxygens (including phenoxy) is 1. The van der Waals surface area contributed by atoms with Crippen molar-refractivity contribution in [1.82, 2.24) is 0 Å². The first-order valence-corrected chi connectivity index (χ1v) is 7.88. The molecule has 0 fully saturated rings. The lowest BCUT2D eigenvalue weighted by atomic mass is 10.2. The van der Waals surface area contributed by atoms with E-state index in [0.29, 0.717) is 22.0 Å². The number of anilines is 1. The van der Waals surface area contributed by atoms with Crippen LogP contribution in [0.4, 0.5) is 5.69 Å². The molecule has 110 valence electrons. The van der Waals surface area contributed by atoms with E-state index in [2.05, 4.69) is 12.2 Å². The molecule has 0 aromatic heterocycles. The first kappa shape index (κ1) is 15.7. The summed E-state index contributed by atoms with van der Waals surface area (Å²) in [5.41, 5.74) is 1.30. The average Bonchev–Trinajstić information content (AvgIpc) is 2.48. The number of rotatable bonds is 5. The maximum absolute atomic E-state index is 12.4. The highest BCUT2D eigenvalue weighted by atomic mass is 35.5. The van der Waals surface area contributed by atoms with Gasteiger partial charge in [0.25, 0.3) is 5.91 Å². The fourth-order valence-electron chi connectivity index (χ4n) is 1.88. The smallest absolute Gasteiger partial charge is 0.256 e. The molecule has 0 unspecified atom stereocenters. The second-order valence-electron chi connectivity index (χ2n) is 4.23. The summed E-state index contributed by atoms with van der Waals surface area (Å²) < 4.78 is 5.09. The van der Waals surface area contributed by atoms with Crippen LogP contribution in [0.3, 0.4) is 0 Å². The van der Waals surface area contributed by atoms with Gasteiger partial charge in [-0.3, -0.25) is 4.79 Å². The summed E-state index contributed by atoms with van der Waals surface area (Å²) in [4.78, 5) is 13.3. The summed E-state index contributed by atoms with van der Waals surface area (Å²) in [5, 5.41) is 3.32. The Bertz CT molecular complexity index is 646. The van der Waals surface area contributed by atoms with Crippen LogP contribution in [0.25, 0.3) is 0 Å². The number of hydrogen-bond donors (Lipinski definition) is 1. The van der Waals surface area contributed by atoms with Gasteiger partial charge in [-0.25, -0.2) is 0 Å². The molecule has 3 nitrogen and oxygen atoms in total. The van der Waals surface area contributed by atoms with E-state index < -0.39 is 0 Å². The van der Waals surface area contributed by atoms with Crippen molar-refractivity contribution in [3.05, 3.63) is 53.1 Å². The minimum absolute atomic E-state index is 0.146. The second-order valence-corrected chi connectivity index (χ2v) is 5.95. The van der Waals surface area contributed by atoms with Gasteiger partial charge < -0.3 is 10.1 Å². The van der Waals surface area contributed by atoms with Gasteiger partial charge in [0.1, 0.15) is 5.75 Å². The molecule has 0 radical (unpaired) electrons. The third kappa shape index (κ3) is 3.93.